The van der Waals surface area contributed by atoms with Gasteiger partial charge in [0.15, 0.2) is 0 Å². The third kappa shape index (κ3) is 2.92. The van der Waals surface area contributed by atoms with Gasteiger partial charge >= 0.3 is 0 Å². The van der Waals surface area contributed by atoms with Crippen molar-refractivity contribution >= 4 is 33.5 Å². The highest BCUT2D eigenvalue weighted by Gasteiger charge is 2.15. The van der Waals surface area contributed by atoms with E-state index in [9.17, 15) is 4.79 Å². The first-order chi connectivity index (χ1) is 15.3. The minimum Gasteiger partial charge on any atom is -0.496 e. The van der Waals surface area contributed by atoms with Gasteiger partial charge in [-0.3, -0.25) is 9.78 Å². The Hall–Kier alpha value is -3.71. The van der Waals surface area contributed by atoms with E-state index >= 15 is 0 Å². The Bertz CT molecular complexity index is 1540. The van der Waals surface area contributed by atoms with Crippen LogP contribution in [0.2, 0.25) is 5.15 Å². The quantitative estimate of drug-likeness (QED) is 0.438. The third-order valence-electron chi connectivity index (χ3n) is 4.61. The summed E-state index contributed by atoms with van der Waals surface area (Å²) in [4.78, 5) is 31.6. The Kier molecular flexibility index (Phi) is 3.31. The number of hydrogen-bond donors (Lipinski definition) is 2. The van der Waals surface area contributed by atoms with Gasteiger partial charge in [0.05, 0.1) is 45.2 Å². The van der Waals surface area contributed by atoms with Crippen LogP contribution in [0.25, 0.3) is 44.6 Å². The van der Waals surface area contributed by atoms with Crippen molar-refractivity contribution in [1.82, 2.24) is 24.9 Å². The molecule has 8 heteroatoms. The maximum absolute atomic E-state index is 12.8. The number of imidazole rings is 1. The molecule has 0 radical (unpaired) electrons. The van der Waals surface area contributed by atoms with E-state index in [0.717, 1.165) is 0 Å². The van der Waals surface area contributed by atoms with Gasteiger partial charge < -0.3 is 14.7 Å². The molecule has 142 valence electrons. The zero-order chi connectivity index (χ0) is 22.5. The van der Waals surface area contributed by atoms with Gasteiger partial charge in [0.1, 0.15) is 16.7 Å². The standard InChI is InChI=1S/C21H14ClN5O2/c1-29-17-5-3-2-4-11(17)19-12-8-13(21(28)27-14(12)6-7-23-19)20-25-15-9-18(22)24-10-16(15)26-20/h2-10H,1H3,(H,25,26)(H,27,28)/i1D3. The zero-order valence-corrected chi connectivity index (χ0v) is 15.5. The van der Waals surface area contributed by atoms with Crippen LogP contribution in [0.15, 0.2) is 59.7 Å². The second-order valence-electron chi connectivity index (χ2n) is 6.34. The number of hydrogen-bond acceptors (Lipinski definition) is 5. The molecule has 0 spiro atoms. The number of H-pyrrole nitrogens is 2. The summed E-state index contributed by atoms with van der Waals surface area (Å²) in [6, 6.07) is 11.6. The molecule has 1 aromatic carbocycles. The number of aromatic amines is 2. The van der Waals surface area contributed by atoms with Gasteiger partial charge in [0.2, 0.25) is 0 Å². The Morgan fingerprint density at radius 2 is 1.97 bits per heavy atom. The van der Waals surface area contributed by atoms with Gasteiger partial charge in [0, 0.05) is 23.2 Å². The minimum atomic E-state index is -2.62. The van der Waals surface area contributed by atoms with E-state index in [-0.39, 0.29) is 16.9 Å². The predicted octanol–water partition coefficient (Wildman–Crippen LogP) is 4.19. The molecule has 0 unspecified atom stereocenters. The molecule has 0 saturated heterocycles. The van der Waals surface area contributed by atoms with Crippen LogP contribution in [0.5, 0.6) is 5.75 Å². The van der Waals surface area contributed by atoms with Gasteiger partial charge in [-0.1, -0.05) is 23.7 Å². The van der Waals surface area contributed by atoms with Crippen molar-refractivity contribution in [2.75, 3.05) is 7.04 Å². The fourth-order valence-corrected chi connectivity index (χ4v) is 3.43. The smallest absolute Gasteiger partial charge is 0.259 e. The summed E-state index contributed by atoms with van der Waals surface area (Å²) in [6.45, 7) is 0. The third-order valence-corrected chi connectivity index (χ3v) is 4.82. The summed E-state index contributed by atoms with van der Waals surface area (Å²) in [5.41, 5.74) is 2.61. The van der Waals surface area contributed by atoms with E-state index in [1.165, 1.54) is 6.20 Å². The van der Waals surface area contributed by atoms with Crippen molar-refractivity contribution in [2.45, 2.75) is 0 Å². The van der Waals surface area contributed by atoms with Crippen molar-refractivity contribution in [3.8, 4) is 28.4 Å². The molecule has 0 aliphatic heterocycles. The number of methoxy groups -OCH3 is 1. The lowest BCUT2D eigenvalue weighted by Crippen LogP contribution is -2.10. The van der Waals surface area contributed by atoms with Gasteiger partial charge in [-0.15, -0.1) is 0 Å². The number of nitrogens with one attached hydrogen (secondary N) is 2. The van der Waals surface area contributed by atoms with Crippen LogP contribution in [0, 0.1) is 0 Å². The van der Waals surface area contributed by atoms with E-state index in [1.807, 2.05) is 0 Å². The summed E-state index contributed by atoms with van der Waals surface area (Å²) in [5, 5.41) is 0.889. The summed E-state index contributed by atoms with van der Waals surface area (Å²) in [5.74, 6) is 0.499. The molecule has 4 heterocycles. The van der Waals surface area contributed by atoms with E-state index in [0.29, 0.717) is 44.2 Å². The second-order valence-corrected chi connectivity index (χ2v) is 6.73. The maximum atomic E-state index is 12.8. The Morgan fingerprint density at radius 1 is 1.07 bits per heavy atom. The molecular weight excluding hydrogens is 390 g/mol. The van der Waals surface area contributed by atoms with Crippen LogP contribution in [0.4, 0.5) is 0 Å². The lowest BCUT2D eigenvalue weighted by Gasteiger charge is -2.10. The first-order valence-electron chi connectivity index (χ1n) is 10.1. The molecule has 0 aliphatic carbocycles. The molecule has 4 aromatic heterocycles. The van der Waals surface area contributed by atoms with Crippen molar-refractivity contribution in [1.29, 1.82) is 0 Å². The van der Waals surface area contributed by atoms with Crippen molar-refractivity contribution in [3.63, 3.8) is 0 Å². The van der Waals surface area contributed by atoms with Gasteiger partial charge in [-0.2, -0.15) is 0 Å². The summed E-state index contributed by atoms with van der Waals surface area (Å²) < 4.78 is 27.5. The van der Waals surface area contributed by atoms with Crippen LogP contribution < -0.4 is 10.3 Å². The average molecular weight is 407 g/mol. The number of nitrogens with zero attached hydrogens (tertiary/aromatic N) is 3. The topological polar surface area (TPSA) is 96.6 Å². The van der Waals surface area contributed by atoms with Crippen LogP contribution >= 0.6 is 11.6 Å². The highest BCUT2D eigenvalue weighted by atomic mass is 35.5. The fraction of sp³-hybridized carbons (Fsp3) is 0.0476. The van der Waals surface area contributed by atoms with Crippen molar-refractivity contribution in [2.24, 2.45) is 0 Å². The number of aromatic nitrogens is 5. The highest BCUT2D eigenvalue weighted by Crippen LogP contribution is 2.33. The fourth-order valence-electron chi connectivity index (χ4n) is 3.28. The molecule has 0 amide bonds. The molecule has 29 heavy (non-hydrogen) atoms. The normalized spacial score (nSPS) is 13.2. The van der Waals surface area contributed by atoms with Crippen molar-refractivity contribution < 1.29 is 8.85 Å². The number of ether oxygens (including phenoxy) is 1. The first kappa shape index (κ1) is 14.3. The molecule has 5 aromatic rings. The number of rotatable bonds is 3. The van der Waals surface area contributed by atoms with E-state index in [4.69, 9.17) is 20.5 Å². The van der Waals surface area contributed by atoms with Gasteiger partial charge in [-0.25, -0.2) is 9.97 Å². The summed E-state index contributed by atoms with van der Waals surface area (Å²) in [7, 11) is -2.62. The lowest BCUT2D eigenvalue weighted by molar-refractivity contribution is 0.416. The number of benzene rings is 1. The van der Waals surface area contributed by atoms with E-state index in [1.54, 1.807) is 48.7 Å². The predicted molar refractivity (Wildman–Crippen MR) is 112 cm³/mol. The minimum absolute atomic E-state index is 0.157. The molecule has 2 N–H and O–H groups in total. The van der Waals surface area contributed by atoms with E-state index in [2.05, 4.69) is 24.9 Å². The Morgan fingerprint density at radius 3 is 2.86 bits per heavy atom. The van der Waals surface area contributed by atoms with E-state index < -0.39 is 7.04 Å². The van der Waals surface area contributed by atoms with Crippen LogP contribution in [-0.4, -0.2) is 32.0 Å². The molecule has 0 fully saturated rings. The van der Waals surface area contributed by atoms with Gasteiger partial charge in [0.25, 0.3) is 5.56 Å². The number of fused-ring (bicyclic) bond motifs is 2. The second kappa shape index (κ2) is 6.72. The van der Waals surface area contributed by atoms with Crippen molar-refractivity contribution in [3.05, 3.63) is 70.4 Å². The number of pyridine rings is 3. The molecule has 0 saturated carbocycles. The zero-order valence-electron chi connectivity index (χ0n) is 17.7. The number of para-hydroxylation sites is 1. The summed E-state index contributed by atoms with van der Waals surface area (Å²) in [6.07, 6.45) is 3.08. The van der Waals surface area contributed by atoms with Crippen LogP contribution in [0.3, 0.4) is 0 Å². The largest absolute Gasteiger partial charge is 0.496 e. The molecule has 0 aliphatic rings. The highest BCUT2D eigenvalue weighted by molar-refractivity contribution is 6.29. The average Bonchev–Trinajstić information content (AvgIpc) is 3.15. The summed E-state index contributed by atoms with van der Waals surface area (Å²) >= 11 is 5.94. The first-order valence-corrected chi connectivity index (χ1v) is 8.98. The monoisotopic (exact) mass is 406 g/mol. The van der Waals surface area contributed by atoms with Crippen LogP contribution in [-0.2, 0) is 0 Å². The van der Waals surface area contributed by atoms with Gasteiger partial charge in [-0.05, 0) is 24.3 Å². The number of halogens is 1. The molecule has 5 rings (SSSR count). The Labute approximate surface area is 173 Å². The molecular formula is C21H14ClN5O2. The lowest BCUT2D eigenvalue weighted by atomic mass is 10.0. The Balaban J connectivity index is 1.72. The SMILES string of the molecule is [2H]C([2H])([2H])Oc1ccccc1-c1nccc2[nH]c(=O)c(-c3nc4cc(Cl)ncc4[nH]3)cc12. The molecule has 0 bridgehead atoms. The molecule has 7 nitrogen and oxygen atoms in total. The van der Waals surface area contributed by atoms with Crippen LogP contribution in [0.1, 0.15) is 4.11 Å². The molecule has 0 atom stereocenters. The maximum Gasteiger partial charge on any atom is 0.259 e.